The Morgan fingerprint density at radius 2 is 1.73 bits per heavy atom. The summed E-state index contributed by atoms with van der Waals surface area (Å²) in [5.41, 5.74) is -0.0591. The minimum Gasteiger partial charge on any atom is -0.478 e. The summed E-state index contributed by atoms with van der Waals surface area (Å²) in [5.74, 6) is -1.19. The number of benzene rings is 2. The third-order valence-electron chi connectivity index (χ3n) is 2.18. The Bertz CT molecular complexity index is 519. The number of carbonyl (C=O) groups is 1. The van der Waals surface area contributed by atoms with Crippen molar-refractivity contribution in [2.45, 2.75) is 0 Å². The number of fused-ring (bicyclic) bond motifs is 1. The summed E-state index contributed by atoms with van der Waals surface area (Å²) < 4.78 is 0. The number of hydrogen-bond acceptors (Lipinski definition) is 3. The summed E-state index contributed by atoms with van der Waals surface area (Å²) in [6.07, 6.45) is 0. The van der Waals surface area contributed by atoms with Gasteiger partial charge in [-0.2, -0.15) is 0 Å². The third kappa shape index (κ3) is 1.62. The Morgan fingerprint density at radius 3 is 2.27 bits per heavy atom. The largest absolute Gasteiger partial charge is 0.478 e. The first kappa shape index (κ1) is 9.48. The lowest BCUT2D eigenvalue weighted by Crippen LogP contribution is -2.00. The molecule has 4 heteroatoms. The van der Waals surface area contributed by atoms with Crippen LogP contribution in [0.3, 0.4) is 0 Å². The van der Waals surface area contributed by atoms with Crippen molar-refractivity contribution in [3.05, 3.63) is 42.0 Å². The Labute approximate surface area is 85.3 Å². The highest BCUT2D eigenvalue weighted by atomic mass is 17.1. The van der Waals surface area contributed by atoms with Crippen LogP contribution in [0.1, 0.15) is 10.4 Å². The van der Waals surface area contributed by atoms with E-state index >= 15 is 0 Å². The van der Waals surface area contributed by atoms with Crippen molar-refractivity contribution in [3.8, 4) is 5.75 Å². The molecule has 0 bridgehead atoms. The Morgan fingerprint density at radius 1 is 1.13 bits per heavy atom. The third-order valence-corrected chi connectivity index (χ3v) is 2.18. The minimum absolute atomic E-state index is 0.0544. The van der Waals surface area contributed by atoms with Crippen LogP contribution < -0.4 is 4.89 Å². The first-order chi connectivity index (χ1) is 7.22. The van der Waals surface area contributed by atoms with Gasteiger partial charge in [0.25, 0.3) is 0 Å². The molecule has 0 aromatic heterocycles. The van der Waals surface area contributed by atoms with E-state index < -0.39 is 5.97 Å². The van der Waals surface area contributed by atoms with Crippen molar-refractivity contribution in [2.75, 3.05) is 0 Å². The zero-order chi connectivity index (χ0) is 10.8. The molecule has 0 heterocycles. The molecule has 2 rings (SSSR count). The first-order valence-electron chi connectivity index (χ1n) is 4.30. The van der Waals surface area contributed by atoms with E-state index in [2.05, 4.69) is 4.89 Å². The topological polar surface area (TPSA) is 66.8 Å². The molecular weight excluding hydrogens is 196 g/mol. The van der Waals surface area contributed by atoms with Crippen molar-refractivity contribution in [1.82, 2.24) is 0 Å². The van der Waals surface area contributed by atoms with Crippen LogP contribution in [-0.4, -0.2) is 16.3 Å². The lowest BCUT2D eigenvalue weighted by Gasteiger charge is -2.04. The van der Waals surface area contributed by atoms with Gasteiger partial charge in [-0.3, -0.25) is 0 Å². The molecule has 0 radical (unpaired) electrons. The van der Waals surface area contributed by atoms with Gasteiger partial charge in [-0.05, 0) is 22.9 Å². The molecule has 0 atom stereocenters. The summed E-state index contributed by atoms with van der Waals surface area (Å²) in [7, 11) is 0. The fourth-order valence-corrected chi connectivity index (χ4v) is 1.46. The van der Waals surface area contributed by atoms with Gasteiger partial charge in [0.15, 0.2) is 5.75 Å². The Hall–Kier alpha value is -2.07. The smallest absolute Gasteiger partial charge is 0.339 e. The molecule has 2 aromatic carbocycles. The predicted molar refractivity (Wildman–Crippen MR) is 54.2 cm³/mol. The number of carboxylic acid groups (broad SMARTS) is 1. The molecule has 0 aliphatic carbocycles. The maximum Gasteiger partial charge on any atom is 0.339 e. The van der Waals surface area contributed by atoms with Crippen LogP contribution in [0.15, 0.2) is 36.4 Å². The monoisotopic (exact) mass is 204 g/mol. The van der Waals surface area contributed by atoms with Crippen LogP contribution in [0.2, 0.25) is 0 Å². The molecule has 0 saturated heterocycles. The fourth-order valence-electron chi connectivity index (χ4n) is 1.46. The number of carboxylic acids is 1. The van der Waals surface area contributed by atoms with Gasteiger partial charge < -0.3 is 9.99 Å². The standard InChI is InChI=1S/C11H8O4/c12-11(13)9-5-7-3-1-2-4-8(7)6-10(9)15-14/h1-6,14H,(H,12,13). The molecule has 0 fully saturated rings. The molecule has 0 saturated carbocycles. The van der Waals surface area contributed by atoms with Gasteiger partial charge in [-0.1, -0.05) is 24.3 Å². The van der Waals surface area contributed by atoms with Crippen molar-refractivity contribution in [2.24, 2.45) is 0 Å². The predicted octanol–water partition coefficient (Wildman–Crippen LogP) is 2.39. The average molecular weight is 204 g/mol. The van der Waals surface area contributed by atoms with E-state index in [9.17, 15) is 4.79 Å². The maximum atomic E-state index is 10.8. The summed E-state index contributed by atoms with van der Waals surface area (Å²) in [6.45, 7) is 0. The van der Waals surface area contributed by atoms with E-state index in [0.29, 0.717) is 0 Å². The zero-order valence-corrected chi connectivity index (χ0v) is 7.68. The normalized spacial score (nSPS) is 10.2. The molecule has 4 nitrogen and oxygen atoms in total. The second-order valence-corrected chi connectivity index (χ2v) is 3.09. The Kier molecular flexibility index (Phi) is 2.27. The van der Waals surface area contributed by atoms with Gasteiger partial charge in [-0.15, -0.1) is 0 Å². The molecule has 76 valence electrons. The van der Waals surface area contributed by atoms with Crippen LogP contribution in [-0.2, 0) is 0 Å². The number of rotatable bonds is 2. The SMILES string of the molecule is O=C(O)c1cc2ccccc2cc1OO. The van der Waals surface area contributed by atoms with E-state index in [-0.39, 0.29) is 11.3 Å². The lowest BCUT2D eigenvalue weighted by atomic mass is 10.1. The molecule has 2 N–H and O–H groups in total. The quantitative estimate of drug-likeness (QED) is 0.582. The second kappa shape index (κ2) is 3.59. The van der Waals surface area contributed by atoms with Gasteiger partial charge in [0, 0.05) is 0 Å². The van der Waals surface area contributed by atoms with Crippen molar-refractivity contribution in [1.29, 1.82) is 0 Å². The van der Waals surface area contributed by atoms with Crippen LogP contribution in [0.4, 0.5) is 0 Å². The highest BCUT2D eigenvalue weighted by Gasteiger charge is 2.12. The van der Waals surface area contributed by atoms with Crippen molar-refractivity contribution < 1.29 is 20.0 Å². The molecular formula is C11H8O4. The summed E-state index contributed by atoms with van der Waals surface area (Å²) in [4.78, 5) is 14.9. The first-order valence-corrected chi connectivity index (χ1v) is 4.30. The van der Waals surface area contributed by atoms with E-state index in [1.807, 2.05) is 18.2 Å². The van der Waals surface area contributed by atoms with Gasteiger partial charge in [-0.25, -0.2) is 10.1 Å². The van der Waals surface area contributed by atoms with Crippen LogP contribution in [0.25, 0.3) is 10.8 Å². The molecule has 0 aliphatic heterocycles. The summed E-state index contributed by atoms with van der Waals surface area (Å²) in [5, 5.41) is 19.0. The average Bonchev–Trinajstić information content (AvgIpc) is 2.27. The molecule has 0 spiro atoms. The van der Waals surface area contributed by atoms with Crippen LogP contribution >= 0.6 is 0 Å². The Balaban J connectivity index is 2.74. The summed E-state index contributed by atoms with van der Waals surface area (Å²) in [6, 6.07) is 10.2. The second-order valence-electron chi connectivity index (χ2n) is 3.09. The fraction of sp³-hybridized carbons (Fsp3) is 0. The summed E-state index contributed by atoms with van der Waals surface area (Å²) >= 11 is 0. The van der Waals surface area contributed by atoms with Crippen molar-refractivity contribution in [3.63, 3.8) is 0 Å². The minimum atomic E-state index is -1.13. The molecule has 15 heavy (non-hydrogen) atoms. The van der Waals surface area contributed by atoms with E-state index in [0.717, 1.165) is 10.8 Å². The van der Waals surface area contributed by atoms with Crippen LogP contribution in [0, 0.1) is 0 Å². The molecule has 0 aliphatic rings. The van der Waals surface area contributed by atoms with Gasteiger partial charge >= 0.3 is 5.97 Å². The highest BCUT2D eigenvalue weighted by Crippen LogP contribution is 2.25. The number of aromatic carboxylic acids is 1. The van der Waals surface area contributed by atoms with Crippen LogP contribution in [0.5, 0.6) is 5.75 Å². The zero-order valence-electron chi connectivity index (χ0n) is 7.68. The lowest BCUT2D eigenvalue weighted by molar-refractivity contribution is -0.138. The highest BCUT2D eigenvalue weighted by molar-refractivity contribution is 5.97. The van der Waals surface area contributed by atoms with Gasteiger partial charge in [0.1, 0.15) is 5.56 Å². The van der Waals surface area contributed by atoms with E-state index in [1.54, 1.807) is 6.07 Å². The van der Waals surface area contributed by atoms with E-state index in [1.165, 1.54) is 12.1 Å². The molecule has 0 amide bonds. The molecule has 0 unspecified atom stereocenters. The maximum absolute atomic E-state index is 10.8. The number of hydrogen-bond donors (Lipinski definition) is 2. The van der Waals surface area contributed by atoms with Crippen molar-refractivity contribution >= 4 is 16.7 Å². The van der Waals surface area contributed by atoms with Gasteiger partial charge in [0.2, 0.25) is 0 Å². The van der Waals surface area contributed by atoms with Gasteiger partial charge in [0.05, 0.1) is 0 Å². The van der Waals surface area contributed by atoms with E-state index in [4.69, 9.17) is 10.4 Å². The molecule has 2 aromatic rings.